The lowest BCUT2D eigenvalue weighted by Crippen LogP contribution is -2.63. The highest BCUT2D eigenvalue weighted by molar-refractivity contribution is 7.81. The van der Waals surface area contributed by atoms with Gasteiger partial charge in [-0.2, -0.15) is 0 Å². The monoisotopic (exact) mass is 878 g/mol. The molecule has 0 N–H and O–H groups in total. The summed E-state index contributed by atoms with van der Waals surface area (Å²) < 4.78 is 0. The third-order valence-corrected chi connectivity index (χ3v) is 18.1. The van der Waals surface area contributed by atoms with E-state index in [9.17, 15) is 0 Å². The Balaban J connectivity index is 0.00000166. The third kappa shape index (κ3) is 10.0. The van der Waals surface area contributed by atoms with Crippen LogP contribution in [0.2, 0.25) is 0 Å². The highest BCUT2D eigenvalue weighted by atomic mass is 35.5. The standard InChI is InChI=1S/C54H42BP3.CH2Cl2/c1-7-25-43(26-8-1)56(44-27-9-2-10-28-44)52-40-22-19-37-49(52)55(50-38-20-23-41-53(50)57(45-29-11-3-12-30-45)46-31-13-4-14-32-46)51-39-21-24-42-54(51)58(47-33-15-5-16-34-47)48-35-17-6-18-36-48;2-1-3/h1-42H;1H2. The van der Waals surface area contributed by atoms with E-state index in [0.29, 0.717) is 0 Å². The van der Waals surface area contributed by atoms with Crippen LogP contribution in [-0.2, 0) is 0 Å². The molecular weight excluding hydrogens is 835 g/mol. The molecular formula is C55H44BCl2P3. The van der Waals surface area contributed by atoms with E-state index in [2.05, 4.69) is 255 Å². The van der Waals surface area contributed by atoms with Crippen LogP contribution in [0.15, 0.2) is 255 Å². The van der Waals surface area contributed by atoms with E-state index >= 15 is 0 Å². The first kappa shape index (κ1) is 42.6. The van der Waals surface area contributed by atoms with Crippen LogP contribution < -0.4 is 64.1 Å². The maximum Gasteiger partial charge on any atom is 0.243 e. The van der Waals surface area contributed by atoms with Gasteiger partial charge in [-0.25, -0.2) is 0 Å². The molecule has 9 aromatic rings. The van der Waals surface area contributed by atoms with Crippen molar-refractivity contribution >= 4 is 118 Å². The van der Waals surface area contributed by atoms with Crippen LogP contribution in [-0.4, -0.2) is 12.1 Å². The summed E-state index contributed by atoms with van der Waals surface area (Å²) in [7, 11) is -2.68. The summed E-state index contributed by atoms with van der Waals surface area (Å²) in [5.74, 6) is 0. The predicted molar refractivity (Wildman–Crippen MR) is 277 cm³/mol. The number of hydrogen-bond donors (Lipinski definition) is 0. The van der Waals surface area contributed by atoms with Crippen LogP contribution in [0.25, 0.3) is 0 Å². The van der Waals surface area contributed by atoms with Gasteiger partial charge in [0.15, 0.2) is 0 Å². The lowest BCUT2D eigenvalue weighted by Gasteiger charge is -2.31. The average molecular weight is 880 g/mol. The normalized spacial score (nSPS) is 11.0. The minimum Gasteiger partial charge on any atom is -0.109 e. The summed E-state index contributed by atoms with van der Waals surface area (Å²) >= 11 is 9.53. The molecule has 0 unspecified atom stereocenters. The van der Waals surface area contributed by atoms with E-state index in [4.69, 9.17) is 23.2 Å². The smallest absolute Gasteiger partial charge is 0.109 e. The number of hydrogen-bond acceptors (Lipinski definition) is 0. The number of rotatable bonds is 12. The van der Waals surface area contributed by atoms with Gasteiger partial charge in [-0.15, -0.1) is 23.2 Å². The Morgan fingerprint density at radius 2 is 0.410 bits per heavy atom. The van der Waals surface area contributed by atoms with E-state index in [-0.39, 0.29) is 12.1 Å². The zero-order chi connectivity index (χ0) is 41.6. The molecule has 0 aromatic heterocycles. The molecule has 0 heterocycles. The van der Waals surface area contributed by atoms with Crippen molar-refractivity contribution in [2.24, 2.45) is 0 Å². The van der Waals surface area contributed by atoms with Crippen LogP contribution in [0.3, 0.4) is 0 Å². The molecule has 61 heavy (non-hydrogen) atoms. The lowest BCUT2D eigenvalue weighted by molar-refractivity contribution is 1.73. The van der Waals surface area contributed by atoms with Gasteiger partial charge in [-0.1, -0.05) is 271 Å². The van der Waals surface area contributed by atoms with Gasteiger partial charge in [0, 0.05) is 0 Å². The van der Waals surface area contributed by atoms with Crippen molar-refractivity contribution in [2.45, 2.75) is 0 Å². The molecule has 0 aliphatic heterocycles. The van der Waals surface area contributed by atoms with Gasteiger partial charge in [0.1, 0.15) is 0 Å². The van der Waals surface area contributed by atoms with Gasteiger partial charge in [-0.05, 0) is 71.5 Å². The van der Waals surface area contributed by atoms with Gasteiger partial charge in [-0.3, -0.25) is 0 Å². The number of benzene rings is 9. The Morgan fingerprint density at radius 3 is 0.607 bits per heavy atom. The van der Waals surface area contributed by atoms with Crippen LogP contribution in [0.5, 0.6) is 0 Å². The summed E-state index contributed by atoms with van der Waals surface area (Å²) in [4.78, 5) is 0. The SMILES string of the molecule is ClCCl.c1ccc(P(c2ccccc2)c2ccccc2B(c2ccccc2P(c2ccccc2)c2ccccc2)c2ccccc2P(c2ccccc2)c2ccccc2)cc1. The van der Waals surface area contributed by atoms with Crippen molar-refractivity contribution in [1.82, 2.24) is 0 Å². The number of halogens is 2. The summed E-state index contributed by atoms with van der Waals surface area (Å²) in [6, 6.07) is 95.0. The summed E-state index contributed by atoms with van der Waals surface area (Å²) in [6.07, 6.45) is 0. The van der Waals surface area contributed by atoms with Crippen LogP contribution >= 0.6 is 47.0 Å². The Kier molecular flexibility index (Phi) is 15.1. The molecule has 0 radical (unpaired) electrons. The summed E-state index contributed by atoms with van der Waals surface area (Å²) in [5.41, 5.74) is 4.06. The summed E-state index contributed by atoms with van der Waals surface area (Å²) in [5, 5.41) is 12.5. The Hall–Kier alpha value is -5.09. The molecule has 0 fully saturated rings. The Labute approximate surface area is 375 Å². The maximum atomic E-state index is 4.76. The van der Waals surface area contributed by atoms with Gasteiger partial charge in [0.25, 0.3) is 0 Å². The van der Waals surface area contributed by atoms with E-state index in [1.807, 2.05) is 0 Å². The molecule has 0 spiro atoms. The third-order valence-electron chi connectivity index (χ3n) is 10.6. The van der Waals surface area contributed by atoms with Crippen molar-refractivity contribution < 1.29 is 0 Å². The average Bonchev–Trinajstić information content (AvgIpc) is 3.33. The Morgan fingerprint density at radius 1 is 0.246 bits per heavy atom. The van der Waals surface area contributed by atoms with Gasteiger partial charge in [0.2, 0.25) is 6.71 Å². The van der Waals surface area contributed by atoms with Gasteiger partial charge < -0.3 is 0 Å². The molecule has 0 atom stereocenters. The fourth-order valence-electron chi connectivity index (χ4n) is 8.05. The molecule has 0 nitrogen and oxygen atoms in total. The molecule has 296 valence electrons. The second-order valence-electron chi connectivity index (χ2n) is 14.2. The highest BCUT2D eigenvalue weighted by Gasteiger charge is 2.35. The predicted octanol–water partition coefficient (Wildman–Crippen LogP) is 8.90. The first-order chi connectivity index (χ1) is 30.3. The van der Waals surface area contributed by atoms with Crippen LogP contribution in [0, 0.1) is 0 Å². The first-order valence-corrected chi connectivity index (χ1v) is 25.5. The minimum atomic E-state index is -0.895. The van der Waals surface area contributed by atoms with Gasteiger partial charge in [0.05, 0.1) is 5.34 Å². The Bertz CT molecular complexity index is 2290. The van der Waals surface area contributed by atoms with E-state index < -0.39 is 23.8 Å². The largest absolute Gasteiger partial charge is 0.243 e. The minimum absolute atomic E-state index is 0.0594. The van der Waals surface area contributed by atoms with E-state index in [1.54, 1.807) is 0 Å². The molecule has 6 heteroatoms. The maximum absolute atomic E-state index is 4.76. The van der Waals surface area contributed by atoms with Crippen molar-refractivity contribution in [3.63, 3.8) is 0 Å². The molecule has 0 aliphatic rings. The fourth-order valence-corrected chi connectivity index (χ4v) is 15.5. The fraction of sp³-hybridized carbons (Fsp3) is 0.0182. The molecule has 9 rings (SSSR count). The molecule has 0 aliphatic carbocycles. The van der Waals surface area contributed by atoms with Crippen molar-refractivity contribution in [3.05, 3.63) is 255 Å². The zero-order valence-corrected chi connectivity index (χ0v) is 37.8. The van der Waals surface area contributed by atoms with Gasteiger partial charge >= 0.3 is 0 Å². The molecule has 0 saturated heterocycles. The van der Waals surface area contributed by atoms with Crippen LogP contribution in [0.1, 0.15) is 0 Å². The highest BCUT2D eigenvalue weighted by Crippen LogP contribution is 2.35. The topological polar surface area (TPSA) is 0 Å². The molecule has 0 saturated carbocycles. The second kappa shape index (κ2) is 21.6. The van der Waals surface area contributed by atoms with Crippen LogP contribution in [0.4, 0.5) is 0 Å². The molecule has 0 bridgehead atoms. The quantitative estimate of drug-likeness (QED) is 0.0654. The van der Waals surface area contributed by atoms with E-state index in [0.717, 1.165) is 0 Å². The first-order valence-electron chi connectivity index (χ1n) is 20.4. The second-order valence-corrected chi connectivity index (χ2v) is 21.6. The molecule has 9 aromatic carbocycles. The van der Waals surface area contributed by atoms with Crippen molar-refractivity contribution in [2.75, 3.05) is 5.34 Å². The lowest BCUT2D eigenvalue weighted by atomic mass is 9.36. The zero-order valence-electron chi connectivity index (χ0n) is 33.6. The molecule has 0 amide bonds. The van der Waals surface area contributed by atoms with E-state index in [1.165, 1.54) is 64.1 Å². The summed E-state index contributed by atoms with van der Waals surface area (Å²) in [6.45, 7) is -0.0594. The van der Waals surface area contributed by atoms with Crippen molar-refractivity contribution in [1.29, 1.82) is 0 Å². The van der Waals surface area contributed by atoms with Crippen molar-refractivity contribution in [3.8, 4) is 0 Å². The number of alkyl halides is 2.